The van der Waals surface area contributed by atoms with Gasteiger partial charge >= 0.3 is 0 Å². The van der Waals surface area contributed by atoms with Gasteiger partial charge in [-0.05, 0) is 56.4 Å². The summed E-state index contributed by atoms with van der Waals surface area (Å²) in [6.45, 7) is 3.01. The van der Waals surface area contributed by atoms with Crippen LogP contribution in [-0.4, -0.2) is 68.8 Å². The Morgan fingerprint density at radius 2 is 1.66 bits per heavy atom. The highest BCUT2D eigenvalue weighted by atomic mass is 32.2. The minimum absolute atomic E-state index is 0.0970. The minimum atomic E-state index is -3.65. The first-order chi connectivity index (χ1) is 13.9. The lowest BCUT2D eigenvalue weighted by atomic mass is 9.78. The summed E-state index contributed by atoms with van der Waals surface area (Å²) in [6.07, 6.45) is 7.65. The number of fused-ring (bicyclic) bond motifs is 1. The zero-order chi connectivity index (χ0) is 20.4. The number of quaternary nitrogens is 1. The molecule has 160 valence electrons. The number of hydrogen-bond acceptors (Lipinski definition) is 3. The molecule has 1 amide bonds. The van der Waals surface area contributed by atoms with E-state index in [9.17, 15) is 17.6 Å². The van der Waals surface area contributed by atoms with E-state index in [1.54, 1.807) is 0 Å². The maximum atomic E-state index is 13.1. The predicted octanol–water partition coefficient (Wildman–Crippen LogP) is 0.896. The van der Waals surface area contributed by atoms with Crippen molar-refractivity contribution >= 4 is 15.9 Å². The van der Waals surface area contributed by atoms with E-state index in [-0.39, 0.29) is 23.9 Å². The third kappa shape index (κ3) is 4.49. The van der Waals surface area contributed by atoms with E-state index in [1.165, 1.54) is 59.9 Å². The number of sulfonamides is 1. The van der Waals surface area contributed by atoms with Crippen molar-refractivity contribution in [2.45, 2.75) is 49.5 Å². The fraction of sp³-hybridized carbons (Fsp3) is 0.667. The number of carbonyl (C=O) groups is 1. The van der Waals surface area contributed by atoms with Crippen molar-refractivity contribution in [3.63, 3.8) is 0 Å². The summed E-state index contributed by atoms with van der Waals surface area (Å²) in [5, 5.41) is 0. The number of halogens is 1. The summed E-state index contributed by atoms with van der Waals surface area (Å²) < 4.78 is 40.0. The Morgan fingerprint density at radius 1 is 1.00 bits per heavy atom. The molecule has 3 atom stereocenters. The van der Waals surface area contributed by atoms with Crippen LogP contribution < -0.4 is 4.90 Å². The SMILES string of the molecule is O=C(C[NH+]1CCC[C@@H]2CCCC[C@@H]21)N1CCN(S(=O)(=O)c2ccc(F)cc2)CC1. The molecule has 1 unspecified atom stereocenters. The van der Waals surface area contributed by atoms with E-state index in [4.69, 9.17) is 0 Å². The van der Waals surface area contributed by atoms with Crippen LogP contribution in [0.2, 0.25) is 0 Å². The fourth-order valence-electron chi connectivity index (χ4n) is 5.33. The Balaban J connectivity index is 1.33. The highest BCUT2D eigenvalue weighted by Gasteiger charge is 2.38. The Morgan fingerprint density at radius 3 is 2.38 bits per heavy atom. The number of piperidine rings is 1. The third-order valence-corrected chi connectivity index (χ3v) is 8.84. The van der Waals surface area contributed by atoms with Crippen LogP contribution in [0.15, 0.2) is 29.2 Å². The number of hydrogen-bond donors (Lipinski definition) is 1. The second-order valence-corrected chi connectivity index (χ2v) is 10.6. The van der Waals surface area contributed by atoms with Gasteiger partial charge in [-0.15, -0.1) is 0 Å². The summed E-state index contributed by atoms with van der Waals surface area (Å²) in [5.74, 6) is 0.461. The lowest BCUT2D eigenvalue weighted by Gasteiger charge is -2.42. The molecule has 1 saturated carbocycles. The molecule has 6 nitrogen and oxygen atoms in total. The molecule has 1 aromatic carbocycles. The third-order valence-electron chi connectivity index (χ3n) is 6.93. The number of likely N-dealkylation sites (tertiary alicyclic amines) is 1. The Hall–Kier alpha value is -1.51. The zero-order valence-electron chi connectivity index (χ0n) is 16.9. The van der Waals surface area contributed by atoms with E-state index in [1.807, 2.05) is 4.90 Å². The van der Waals surface area contributed by atoms with Crippen LogP contribution in [0.3, 0.4) is 0 Å². The van der Waals surface area contributed by atoms with Gasteiger partial charge in [0.15, 0.2) is 6.54 Å². The van der Waals surface area contributed by atoms with Crippen LogP contribution >= 0.6 is 0 Å². The summed E-state index contributed by atoms with van der Waals surface area (Å²) in [5.41, 5.74) is 0. The van der Waals surface area contributed by atoms with Gasteiger partial charge < -0.3 is 9.80 Å². The normalized spacial score (nSPS) is 28.7. The quantitative estimate of drug-likeness (QED) is 0.781. The van der Waals surface area contributed by atoms with Crippen LogP contribution in [-0.2, 0) is 14.8 Å². The number of benzene rings is 1. The molecule has 2 aliphatic heterocycles. The largest absolute Gasteiger partial charge is 0.335 e. The van der Waals surface area contributed by atoms with Gasteiger partial charge in [-0.3, -0.25) is 4.79 Å². The van der Waals surface area contributed by atoms with Gasteiger partial charge in [-0.25, -0.2) is 12.8 Å². The van der Waals surface area contributed by atoms with Gasteiger partial charge in [-0.1, -0.05) is 6.42 Å². The maximum Gasteiger partial charge on any atom is 0.277 e. The van der Waals surface area contributed by atoms with E-state index in [2.05, 4.69) is 0 Å². The highest BCUT2D eigenvalue weighted by Crippen LogP contribution is 2.28. The smallest absolute Gasteiger partial charge is 0.277 e. The Labute approximate surface area is 172 Å². The summed E-state index contributed by atoms with van der Waals surface area (Å²) in [7, 11) is -3.65. The molecular weight excluding hydrogens is 393 g/mol. The van der Waals surface area contributed by atoms with Gasteiger partial charge in [0.05, 0.1) is 17.5 Å². The first-order valence-corrected chi connectivity index (χ1v) is 12.3. The van der Waals surface area contributed by atoms with E-state index < -0.39 is 15.8 Å². The Kier molecular flexibility index (Phi) is 6.22. The molecule has 0 bridgehead atoms. The minimum Gasteiger partial charge on any atom is -0.335 e. The fourth-order valence-corrected chi connectivity index (χ4v) is 6.75. The number of rotatable bonds is 4. The molecular formula is C21H31FN3O3S+. The summed E-state index contributed by atoms with van der Waals surface area (Å²) in [6, 6.07) is 5.53. The molecule has 2 saturated heterocycles. The van der Waals surface area contributed by atoms with Gasteiger partial charge in [0.1, 0.15) is 5.82 Å². The molecule has 2 heterocycles. The highest BCUT2D eigenvalue weighted by molar-refractivity contribution is 7.89. The summed E-state index contributed by atoms with van der Waals surface area (Å²) in [4.78, 5) is 16.3. The topological polar surface area (TPSA) is 62.1 Å². The molecule has 29 heavy (non-hydrogen) atoms. The standard InChI is InChI=1S/C21H30FN3O3S/c22-18-7-9-19(10-8-18)29(27,28)25-14-12-23(13-15-25)21(26)16-24-11-3-5-17-4-1-2-6-20(17)24/h7-10,17,20H,1-6,11-16H2/p+1/t17-,20-/m0/s1. The molecule has 0 radical (unpaired) electrons. The van der Waals surface area contributed by atoms with Crippen molar-refractivity contribution in [3.8, 4) is 0 Å². The van der Waals surface area contributed by atoms with Crippen LogP contribution in [0.4, 0.5) is 4.39 Å². The molecule has 0 aromatic heterocycles. The number of carbonyl (C=O) groups excluding carboxylic acids is 1. The predicted molar refractivity (Wildman–Crippen MR) is 107 cm³/mol. The van der Waals surface area contributed by atoms with Crippen molar-refractivity contribution in [2.24, 2.45) is 5.92 Å². The first-order valence-electron chi connectivity index (χ1n) is 10.8. The molecule has 1 aromatic rings. The number of nitrogens with zero attached hydrogens (tertiary/aromatic N) is 2. The molecule has 0 spiro atoms. The molecule has 3 aliphatic rings. The van der Waals surface area contributed by atoms with Gasteiger partial charge in [-0.2, -0.15) is 4.31 Å². The molecule has 3 fully saturated rings. The molecule has 1 N–H and O–H groups in total. The zero-order valence-corrected chi connectivity index (χ0v) is 17.7. The van der Waals surface area contributed by atoms with E-state index in [0.29, 0.717) is 25.7 Å². The van der Waals surface area contributed by atoms with Crippen molar-refractivity contribution in [1.82, 2.24) is 9.21 Å². The average Bonchev–Trinajstić information content (AvgIpc) is 2.74. The summed E-state index contributed by atoms with van der Waals surface area (Å²) >= 11 is 0. The van der Waals surface area contributed by atoms with Gasteiger partial charge in [0.25, 0.3) is 5.91 Å². The van der Waals surface area contributed by atoms with Crippen molar-refractivity contribution in [3.05, 3.63) is 30.1 Å². The van der Waals surface area contributed by atoms with Crippen molar-refractivity contribution in [2.75, 3.05) is 39.3 Å². The van der Waals surface area contributed by atoms with Crippen LogP contribution in [0.1, 0.15) is 38.5 Å². The molecule has 4 rings (SSSR count). The Bertz CT molecular complexity index is 820. The second-order valence-electron chi connectivity index (χ2n) is 8.62. The van der Waals surface area contributed by atoms with Crippen molar-refractivity contribution < 1.29 is 22.5 Å². The van der Waals surface area contributed by atoms with Gasteiger partial charge in [0, 0.05) is 32.1 Å². The van der Waals surface area contributed by atoms with Crippen LogP contribution in [0, 0.1) is 11.7 Å². The molecule has 8 heteroatoms. The number of piperazine rings is 1. The lowest BCUT2D eigenvalue weighted by Crippen LogP contribution is -3.18. The van der Waals surface area contributed by atoms with Crippen LogP contribution in [0.5, 0.6) is 0 Å². The van der Waals surface area contributed by atoms with Gasteiger partial charge in [0.2, 0.25) is 10.0 Å². The van der Waals surface area contributed by atoms with E-state index in [0.717, 1.165) is 24.6 Å². The van der Waals surface area contributed by atoms with Crippen molar-refractivity contribution in [1.29, 1.82) is 0 Å². The average molecular weight is 425 g/mol. The maximum absolute atomic E-state index is 13.1. The second kappa shape index (κ2) is 8.70. The first kappa shape index (κ1) is 20.8. The van der Waals surface area contributed by atoms with Crippen LogP contribution in [0.25, 0.3) is 0 Å². The number of nitrogens with one attached hydrogen (secondary N) is 1. The van der Waals surface area contributed by atoms with E-state index >= 15 is 0 Å². The number of amides is 1. The lowest BCUT2D eigenvalue weighted by molar-refractivity contribution is -0.929. The monoisotopic (exact) mass is 424 g/mol. The molecule has 1 aliphatic carbocycles.